The highest BCUT2D eigenvalue weighted by Gasteiger charge is 2.14. The monoisotopic (exact) mass is 307 g/mol. The van der Waals surface area contributed by atoms with Crippen molar-refractivity contribution in [3.63, 3.8) is 0 Å². The van der Waals surface area contributed by atoms with Crippen molar-refractivity contribution in [3.8, 4) is 0 Å². The molecule has 5 nitrogen and oxygen atoms in total. The molecule has 0 fully saturated rings. The minimum Gasteiger partial charge on any atom is -0.371 e. The molecule has 1 aromatic heterocycles. The molecular weight excluding hydrogens is 290 g/mol. The molecule has 1 amide bonds. The Balaban J connectivity index is 2.00. The third-order valence-corrected chi connectivity index (χ3v) is 3.22. The topological polar surface area (TPSA) is 56.2 Å². The zero-order valence-electron chi connectivity index (χ0n) is 12.0. The van der Waals surface area contributed by atoms with Crippen molar-refractivity contribution in [2.24, 2.45) is 0 Å². The molecule has 0 aliphatic rings. The number of halogens is 1. The van der Waals surface area contributed by atoms with Gasteiger partial charge in [0.15, 0.2) is 0 Å². The molecule has 112 valence electrons. The fourth-order valence-corrected chi connectivity index (χ4v) is 2.15. The average molecular weight is 308 g/mol. The van der Waals surface area contributed by atoms with E-state index in [4.69, 9.17) is 16.3 Å². The number of ether oxygens (including phenoxy) is 1. The maximum Gasteiger partial charge on any atom is 0.244 e. The summed E-state index contributed by atoms with van der Waals surface area (Å²) in [6.45, 7) is 4.64. The van der Waals surface area contributed by atoms with Gasteiger partial charge in [0.05, 0.1) is 0 Å². The molecule has 1 atom stereocenters. The zero-order valence-corrected chi connectivity index (χ0v) is 12.8. The number of hydrogen-bond acceptors (Lipinski definition) is 3. The van der Waals surface area contributed by atoms with Crippen molar-refractivity contribution in [1.82, 2.24) is 9.55 Å². The Morgan fingerprint density at radius 3 is 2.81 bits per heavy atom. The van der Waals surface area contributed by atoms with Gasteiger partial charge >= 0.3 is 0 Å². The van der Waals surface area contributed by atoms with Crippen LogP contribution in [0.1, 0.15) is 25.8 Å². The lowest BCUT2D eigenvalue weighted by Gasteiger charge is -2.14. The van der Waals surface area contributed by atoms with Crippen LogP contribution in [-0.2, 0) is 16.1 Å². The fourth-order valence-electron chi connectivity index (χ4n) is 2.03. The van der Waals surface area contributed by atoms with Gasteiger partial charge in [-0.2, -0.15) is 0 Å². The summed E-state index contributed by atoms with van der Waals surface area (Å²) >= 11 is 5.81. The minimum atomic E-state index is -0.145. The van der Waals surface area contributed by atoms with E-state index in [2.05, 4.69) is 10.3 Å². The molecule has 0 spiro atoms. The largest absolute Gasteiger partial charge is 0.371 e. The summed E-state index contributed by atoms with van der Waals surface area (Å²) < 4.78 is 7.29. The maximum absolute atomic E-state index is 12.1. The van der Waals surface area contributed by atoms with Crippen molar-refractivity contribution in [2.45, 2.75) is 26.5 Å². The van der Waals surface area contributed by atoms with Crippen LogP contribution in [0.25, 0.3) is 0 Å². The summed E-state index contributed by atoms with van der Waals surface area (Å²) in [5, 5.41) is 3.45. The van der Waals surface area contributed by atoms with E-state index >= 15 is 0 Å². The Hall–Kier alpha value is -1.85. The van der Waals surface area contributed by atoms with Gasteiger partial charge in [-0.15, -0.1) is 0 Å². The molecule has 0 bridgehead atoms. The van der Waals surface area contributed by atoms with Gasteiger partial charge in [-0.3, -0.25) is 4.79 Å². The zero-order chi connectivity index (χ0) is 15.2. The minimum absolute atomic E-state index is 0.125. The van der Waals surface area contributed by atoms with Crippen LogP contribution >= 0.6 is 11.6 Å². The Morgan fingerprint density at radius 1 is 1.43 bits per heavy atom. The van der Waals surface area contributed by atoms with Crippen molar-refractivity contribution >= 4 is 23.2 Å². The Bertz CT molecular complexity index is 595. The first-order valence-corrected chi connectivity index (χ1v) is 7.16. The van der Waals surface area contributed by atoms with Gasteiger partial charge in [0.1, 0.15) is 18.5 Å². The lowest BCUT2D eigenvalue weighted by atomic mass is 10.3. The van der Waals surface area contributed by atoms with Crippen LogP contribution in [0.3, 0.4) is 0 Å². The molecule has 0 aliphatic heterocycles. The van der Waals surface area contributed by atoms with Crippen molar-refractivity contribution in [3.05, 3.63) is 47.5 Å². The van der Waals surface area contributed by atoms with Gasteiger partial charge in [-0.25, -0.2) is 4.98 Å². The molecular formula is C15H18ClN3O2. The standard InChI is InChI=1S/C15H18ClN3O2/c1-3-21-11(2)15-17-8-9-19(15)10-14(20)18-13-6-4-12(16)5-7-13/h4-9,11H,3,10H2,1-2H3,(H,18,20). The third-order valence-electron chi connectivity index (χ3n) is 2.97. The number of amides is 1. The second-order valence-corrected chi connectivity index (χ2v) is 5.00. The van der Waals surface area contributed by atoms with Gasteiger partial charge in [-0.1, -0.05) is 11.6 Å². The number of nitrogens with zero attached hydrogens (tertiary/aromatic N) is 2. The Labute approximate surface area is 128 Å². The third kappa shape index (κ3) is 4.31. The highest BCUT2D eigenvalue weighted by atomic mass is 35.5. The van der Waals surface area contributed by atoms with E-state index in [0.717, 1.165) is 5.82 Å². The summed E-state index contributed by atoms with van der Waals surface area (Å²) in [6.07, 6.45) is 3.29. The summed E-state index contributed by atoms with van der Waals surface area (Å²) in [7, 11) is 0. The van der Waals surface area contributed by atoms with Gasteiger partial charge < -0.3 is 14.6 Å². The molecule has 1 unspecified atom stereocenters. The number of imidazole rings is 1. The van der Waals surface area contributed by atoms with Crippen LogP contribution < -0.4 is 5.32 Å². The number of rotatable bonds is 6. The molecule has 2 aromatic rings. The molecule has 1 N–H and O–H groups in total. The lowest BCUT2D eigenvalue weighted by molar-refractivity contribution is -0.116. The normalized spacial score (nSPS) is 12.1. The molecule has 0 saturated carbocycles. The Morgan fingerprint density at radius 2 is 2.14 bits per heavy atom. The van der Waals surface area contributed by atoms with Gasteiger partial charge in [0.25, 0.3) is 0 Å². The number of carbonyl (C=O) groups excluding carboxylic acids is 1. The van der Waals surface area contributed by atoms with Gasteiger partial charge in [0, 0.05) is 29.7 Å². The van der Waals surface area contributed by atoms with Crippen LogP contribution in [0.5, 0.6) is 0 Å². The number of carbonyl (C=O) groups is 1. The summed E-state index contributed by atoms with van der Waals surface area (Å²) in [5.41, 5.74) is 0.712. The predicted octanol–water partition coefficient (Wildman–Crippen LogP) is 3.27. The van der Waals surface area contributed by atoms with E-state index in [1.807, 2.05) is 13.8 Å². The van der Waals surface area contributed by atoms with E-state index in [1.165, 1.54) is 0 Å². The summed E-state index contributed by atoms with van der Waals surface area (Å²) in [4.78, 5) is 16.3. The number of hydrogen-bond donors (Lipinski definition) is 1. The number of benzene rings is 1. The molecule has 0 aliphatic carbocycles. The van der Waals surface area contributed by atoms with Crippen LogP contribution in [0, 0.1) is 0 Å². The molecule has 0 saturated heterocycles. The van der Waals surface area contributed by atoms with E-state index in [9.17, 15) is 4.79 Å². The Kier molecular flexibility index (Phi) is 5.36. The van der Waals surface area contributed by atoms with Crippen LogP contribution in [-0.4, -0.2) is 22.1 Å². The number of nitrogens with one attached hydrogen (secondary N) is 1. The number of aromatic nitrogens is 2. The van der Waals surface area contributed by atoms with E-state index in [1.54, 1.807) is 41.2 Å². The van der Waals surface area contributed by atoms with Gasteiger partial charge in [-0.05, 0) is 38.1 Å². The van der Waals surface area contributed by atoms with Crippen molar-refractivity contribution in [2.75, 3.05) is 11.9 Å². The lowest BCUT2D eigenvalue weighted by Crippen LogP contribution is -2.21. The predicted molar refractivity (Wildman–Crippen MR) is 82.3 cm³/mol. The molecule has 1 aromatic carbocycles. The molecule has 2 rings (SSSR count). The summed E-state index contributed by atoms with van der Waals surface area (Å²) in [6, 6.07) is 6.99. The quantitative estimate of drug-likeness (QED) is 0.891. The van der Waals surface area contributed by atoms with E-state index < -0.39 is 0 Å². The smallest absolute Gasteiger partial charge is 0.244 e. The maximum atomic E-state index is 12.1. The van der Waals surface area contributed by atoms with Crippen LogP contribution in [0.15, 0.2) is 36.7 Å². The van der Waals surface area contributed by atoms with Crippen LogP contribution in [0.4, 0.5) is 5.69 Å². The SMILES string of the molecule is CCOC(C)c1nccn1CC(=O)Nc1ccc(Cl)cc1. The van der Waals surface area contributed by atoms with E-state index in [-0.39, 0.29) is 18.6 Å². The average Bonchev–Trinajstić information content (AvgIpc) is 2.90. The van der Waals surface area contributed by atoms with Crippen molar-refractivity contribution in [1.29, 1.82) is 0 Å². The number of anilines is 1. The van der Waals surface area contributed by atoms with Gasteiger partial charge in [0.2, 0.25) is 5.91 Å². The second-order valence-electron chi connectivity index (χ2n) is 4.57. The highest BCUT2D eigenvalue weighted by molar-refractivity contribution is 6.30. The molecule has 0 radical (unpaired) electrons. The first-order chi connectivity index (χ1) is 10.1. The highest BCUT2D eigenvalue weighted by Crippen LogP contribution is 2.16. The van der Waals surface area contributed by atoms with Crippen LogP contribution in [0.2, 0.25) is 5.02 Å². The molecule has 21 heavy (non-hydrogen) atoms. The van der Waals surface area contributed by atoms with E-state index in [0.29, 0.717) is 17.3 Å². The fraction of sp³-hybridized carbons (Fsp3) is 0.333. The van der Waals surface area contributed by atoms with Crippen molar-refractivity contribution < 1.29 is 9.53 Å². The first kappa shape index (κ1) is 15.5. The molecule has 1 heterocycles. The second kappa shape index (κ2) is 7.24. The summed E-state index contributed by atoms with van der Waals surface area (Å²) in [5.74, 6) is 0.614. The molecule has 6 heteroatoms. The first-order valence-electron chi connectivity index (χ1n) is 6.78.